The monoisotopic (exact) mass is 147 g/mol. The second-order valence-corrected chi connectivity index (χ2v) is 2.16. The molecule has 0 heterocycles. The molecule has 0 aromatic carbocycles. The van der Waals surface area contributed by atoms with E-state index in [0.717, 1.165) is 0 Å². The third-order valence-corrected chi connectivity index (χ3v) is 1.50. The smallest absolute Gasteiger partial charge is 0.328 e. The highest BCUT2D eigenvalue weighted by molar-refractivity contribution is 5.80. The number of ether oxygens (including phenoxy) is 1. The minimum Gasteiger partial charge on any atom is -0.468 e. The van der Waals surface area contributed by atoms with Crippen LogP contribution in [-0.2, 0) is 9.53 Å². The Hall–Kier alpha value is -0.610. The molecule has 4 nitrogen and oxygen atoms in total. The van der Waals surface area contributed by atoms with Crippen LogP contribution in [0.4, 0.5) is 0 Å². The summed E-state index contributed by atoms with van der Waals surface area (Å²) in [5, 5.41) is 8.66. The van der Waals surface area contributed by atoms with Gasteiger partial charge in [-0.3, -0.25) is 0 Å². The summed E-state index contributed by atoms with van der Waals surface area (Å²) in [4.78, 5) is 10.8. The number of rotatable bonds is 3. The molecule has 0 unspecified atom stereocenters. The lowest BCUT2D eigenvalue weighted by molar-refractivity contribution is -0.148. The van der Waals surface area contributed by atoms with Gasteiger partial charge in [0.05, 0.1) is 13.7 Å². The molecule has 1 atom stereocenters. The van der Waals surface area contributed by atoms with Crippen molar-refractivity contribution >= 4 is 5.97 Å². The van der Waals surface area contributed by atoms with E-state index in [-0.39, 0.29) is 6.61 Å². The van der Waals surface area contributed by atoms with Crippen LogP contribution in [0, 0.1) is 0 Å². The van der Waals surface area contributed by atoms with Gasteiger partial charge in [0.15, 0.2) is 0 Å². The average Bonchev–Trinajstić information content (AvgIpc) is 2.01. The summed E-state index contributed by atoms with van der Waals surface area (Å²) in [6.07, 6.45) is 0.371. The molecule has 0 aliphatic heterocycles. The van der Waals surface area contributed by atoms with Gasteiger partial charge in [-0.05, 0) is 6.42 Å². The molecule has 0 bridgehead atoms. The molecule has 0 saturated heterocycles. The minimum absolute atomic E-state index is 0.371. The van der Waals surface area contributed by atoms with Crippen molar-refractivity contribution in [1.82, 2.24) is 0 Å². The normalized spacial score (nSPS) is 16.0. The van der Waals surface area contributed by atoms with Gasteiger partial charge in [-0.15, -0.1) is 0 Å². The van der Waals surface area contributed by atoms with Crippen LogP contribution in [0.15, 0.2) is 0 Å². The molecule has 0 saturated carbocycles. The number of aliphatic hydroxyl groups is 1. The maximum atomic E-state index is 10.8. The Bertz CT molecular complexity index is 120. The van der Waals surface area contributed by atoms with Crippen LogP contribution >= 0.6 is 0 Å². The maximum absolute atomic E-state index is 10.8. The molecule has 0 fully saturated rings. The minimum atomic E-state index is -1.21. The predicted molar refractivity (Wildman–Crippen MR) is 36.3 cm³/mol. The van der Waals surface area contributed by atoms with Crippen molar-refractivity contribution in [3.63, 3.8) is 0 Å². The van der Waals surface area contributed by atoms with Crippen molar-refractivity contribution < 1.29 is 14.6 Å². The van der Waals surface area contributed by atoms with E-state index in [1.54, 1.807) is 6.92 Å². The lowest BCUT2D eigenvalue weighted by atomic mass is 9.99. The van der Waals surface area contributed by atoms with Crippen molar-refractivity contribution in [2.45, 2.75) is 18.9 Å². The first kappa shape index (κ1) is 9.39. The molecule has 0 aromatic rings. The van der Waals surface area contributed by atoms with Crippen molar-refractivity contribution in [3.05, 3.63) is 0 Å². The third-order valence-electron chi connectivity index (χ3n) is 1.50. The van der Waals surface area contributed by atoms with E-state index in [4.69, 9.17) is 10.8 Å². The first-order valence-electron chi connectivity index (χ1n) is 3.09. The van der Waals surface area contributed by atoms with Crippen LogP contribution in [-0.4, -0.2) is 30.3 Å². The second kappa shape index (κ2) is 3.53. The fourth-order valence-electron chi connectivity index (χ4n) is 0.524. The van der Waals surface area contributed by atoms with Gasteiger partial charge in [-0.1, -0.05) is 6.92 Å². The summed E-state index contributed by atoms with van der Waals surface area (Å²) >= 11 is 0. The lowest BCUT2D eigenvalue weighted by Crippen LogP contribution is -2.51. The Morgan fingerprint density at radius 1 is 1.80 bits per heavy atom. The Kier molecular flexibility index (Phi) is 3.32. The Morgan fingerprint density at radius 3 is 2.40 bits per heavy atom. The van der Waals surface area contributed by atoms with Crippen LogP contribution < -0.4 is 5.73 Å². The van der Waals surface area contributed by atoms with Gasteiger partial charge in [0.1, 0.15) is 5.54 Å². The summed E-state index contributed by atoms with van der Waals surface area (Å²) in [6.45, 7) is 1.34. The van der Waals surface area contributed by atoms with Gasteiger partial charge in [-0.2, -0.15) is 0 Å². The fraction of sp³-hybridized carbons (Fsp3) is 0.833. The molecular weight excluding hydrogens is 134 g/mol. The molecule has 0 radical (unpaired) electrons. The summed E-state index contributed by atoms with van der Waals surface area (Å²) in [5.41, 5.74) is 4.21. The number of carbonyl (C=O) groups excluding carboxylic acids is 1. The highest BCUT2D eigenvalue weighted by Crippen LogP contribution is 2.06. The first-order valence-corrected chi connectivity index (χ1v) is 3.09. The second-order valence-electron chi connectivity index (χ2n) is 2.16. The number of methoxy groups -OCH3 is 1. The van der Waals surface area contributed by atoms with Crippen LogP contribution in [0.1, 0.15) is 13.3 Å². The first-order chi connectivity index (χ1) is 4.60. The SMILES string of the molecule is CC[C@](N)(CO)C(=O)OC. The van der Waals surface area contributed by atoms with Gasteiger partial charge >= 0.3 is 5.97 Å². The van der Waals surface area contributed by atoms with Crippen molar-refractivity contribution in [3.8, 4) is 0 Å². The highest BCUT2D eigenvalue weighted by Gasteiger charge is 2.32. The number of hydrogen-bond donors (Lipinski definition) is 2. The van der Waals surface area contributed by atoms with E-state index in [1.807, 2.05) is 0 Å². The predicted octanol–water partition coefficient (Wildman–Crippen LogP) is -0.741. The zero-order chi connectivity index (χ0) is 8.20. The zero-order valence-corrected chi connectivity index (χ0v) is 6.26. The molecule has 0 aromatic heterocycles. The third kappa shape index (κ3) is 1.68. The summed E-state index contributed by atoms with van der Waals surface area (Å²) in [5.74, 6) is -0.572. The molecule has 0 aliphatic rings. The number of nitrogens with two attached hydrogens (primary N) is 1. The van der Waals surface area contributed by atoms with Gasteiger partial charge in [-0.25, -0.2) is 4.79 Å². The number of hydrogen-bond acceptors (Lipinski definition) is 4. The average molecular weight is 147 g/mol. The number of aliphatic hydroxyl groups excluding tert-OH is 1. The lowest BCUT2D eigenvalue weighted by Gasteiger charge is -2.21. The molecule has 3 N–H and O–H groups in total. The standard InChI is InChI=1S/C6H13NO3/c1-3-6(7,4-8)5(9)10-2/h8H,3-4,7H2,1-2H3/t6-/m0/s1. The van der Waals surface area contributed by atoms with Crippen molar-refractivity contribution in [1.29, 1.82) is 0 Å². The highest BCUT2D eigenvalue weighted by atomic mass is 16.5. The quantitative estimate of drug-likeness (QED) is 0.516. The number of carbonyl (C=O) groups is 1. The topological polar surface area (TPSA) is 72.5 Å². The van der Waals surface area contributed by atoms with Gasteiger partial charge in [0.25, 0.3) is 0 Å². The van der Waals surface area contributed by atoms with E-state index >= 15 is 0 Å². The molecule has 0 aliphatic carbocycles. The largest absolute Gasteiger partial charge is 0.468 e. The summed E-state index contributed by atoms with van der Waals surface area (Å²) < 4.78 is 4.37. The summed E-state index contributed by atoms with van der Waals surface area (Å²) in [6, 6.07) is 0. The maximum Gasteiger partial charge on any atom is 0.328 e. The van der Waals surface area contributed by atoms with Crippen molar-refractivity contribution in [2.75, 3.05) is 13.7 Å². The van der Waals surface area contributed by atoms with E-state index < -0.39 is 11.5 Å². The summed E-state index contributed by atoms with van der Waals surface area (Å²) in [7, 11) is 1.25. The van der Waals surface area contributed by atoms with Crippen molar-refractivity contribution in [2.24, 2.45) is 5.73 Å². The zero-order valence-electron chi connectivity index (χ0n) is 6.26. The van der Waals surface area contributed by atoms with E-state index in [2.05, 4.69) is 4.74 Å². The number of esters is 1. The molecule has 0 amide bonds. The van der Waals surface area contributed by atoms with Gasteiger partial charge in [0, 0.05) is 0 Å². The molecule has 0 rings (SSSR count). The van der Waals surface area contributed by atoms with Gasteiger partial charge < -0.3 is 15.6 Å². The van der Waals surface area contributed by atoms with E-state index in [9.17, 15) is 4.79 Å². The van der Waals surface area contributed by atoms with Crippen LogP contribution in [0.5, 0.6) is 0 Å². The molecule has 4 heteroatoms. The van der Waals surface area contributed by atoms with E-state index in [1.165, 1.54) is 7.11 Å². The molecule has 0 spiro atoms. The van der Waals surface area contributed by atoms with Crippen LogP contribution in [0.3, 0.4) is 0 Å². The Morgan fingerprint density at radius 2 is 2.30 bits per heavy atom. The van der Waals surface area contributed by atoms with Crippen LogP contribution in [0.25, 0.3) is 0 Å². The van der Waals surface area contributed by atoms with Gasteiger partial charge in [0.2, 0.25) is 0 Å². The van der Waals surface area contributed by atoms with Crippen LogP contribution in [0.2, 0.25) is 0 Å². The molecule has 10 heavy (non-hydrogen) atoms. The fourth-order valence-corrected chi connectivity index (χ4v) is 0.524. The van der Waals surface area contributed by atoms with E-state index in [0.29, 0.717) is 6.42 Å². The Balaban J connectivity index is 4.17. The molecule has 60 valence electrons. The Labute approximate surface area is 60.0 Å². The molecular formula is C6H13NO3.